The summed E-state index contributed by atoms with van der Waals surface area (Å²) < 4.78 is 28.3. The number of nitrogens with zero attached hydrogens (tertiary/aromatic N) is 2. The molecule has 1 aliphatic heterocycles. The van der Waals surface area contributed by atoms with Crippen LogP contribution in [0.5, 0.6) is 0 Å². The van der Waals surface area contributed by atoms with Crippen molar-refractivity contribution in [2.24, 2.45) is 5.92 Å². The highest BCUT2D eigenvalue weighted by Crippen LogP contribution is 2.21. The number of hydrogen-bond donors (Lipinski definition) is 2. The van der Waals surface area contributed by atoms with Gasteiger partial charge in [-0.05, 0) is 44.4 Å². The van der Waals surface area contributed by atoms with E-state index in [0.717, 1.165) is 11.3 Å². The summed E-state index contributed by atoms with van der Waals surface area (Å²) in [6, 6.07) is 3.49. The number of anilines is 1. The van der Waals surface area contributed by atoms with Crippen molar-refractivity contribution in [2.75, 3.05) is 17.8 Å². The van der Waals surface area contributed by atoms with Crippen LogP contribution in [0.25, 0.3) is 0 Å². The molecule has 8 heteroatoms. The molecule has 0 aromatic carbocycles. The maximum atomic E-state index is 12.3. The number of nitrogens with one attached hydrogen (secondary N) is 1. The minimum atomic E-state index is -3.78. The average molecular weight is 313 g/mol. The summed E-state index contributed by atoms with van der Waals surface area (Å²) in [5.74, 6) is -1.35. The lowest BCUT2D eigenvalue weighted by atomic mass is 10.0. The lowest BCUT2D eigenvalue weighted by Crippen LogP contribution is -2.44. The molecule has 1 aromatic rings. The van der Waals surface area contributed by atoms with Gasteiger partial charge >= 0.3 is 16.2 Å². The summed E-state index contributed by atoms with van der Waals surface area (Å²) >= 11 is 0. The van der Waals surface area contributed by atoms with E-state index in [4.69, 9.17) is 5.11 Å². The van der Waals surface area contributed by atoms with E-state index in [2.05, 4.69) is 9.71 Å². The Kier molecular flexibility index (Phi) is 4.48. The molecule has 0 bridgehead atoms. The maximum Gasteiger partial charge on any atom is 0.307 e. The van der Waals surface area contributed by atoms with E-state index in [1.165, 1.54) is 4.31 Å². The van der Waals surface area contributed by atoms with E-state index in [9.17, 15) is 13.2 Å². The van der Waals surface area contributed by atoms with Crippen LogP contribution in [-0.2, 0) is 15.0 Å². The number of aryl methyl sites for hydroxylation is 2. The van der Waals surface area contributed by atoms with Gasteiger partial charge in [0.25, 0.3) is 0 Å². The standard InChI is InChI=1S/C13H19N3O4S/c1-9-6-10(2)14-12(7-9)15-21(19,20)16-5-3-4-11(8-16)13(17)18/h6-7,11H,3-5,8H2,1-2H3,(H,14,15)(H,17,18). The van der Waals surface area contributed by atoms with Crippen LogP contribution in [0.1, 0.15) is 24.1 Å². The summed E-state index contributed by atoms with van der Waals surface area (Å²) in [5.41, 5.74) is 1.62. The highest BCUT2D eigenvalue weighted by Gasteiger charge is 2.32. The fourth-order valence-electron chi connectivity index (χ4n) is 2.45. The number of pyridine rings is 1. The average Bonchev–Trinajstić information content (AvgIpc) is 2.37. The number of carboxylic acids is 1. The molecule has 0 radical (unpaired) electrons. The molecule has 0 spiro atoms. The number of hydrogen-bond acceptors (Lipinski definition) is 4. The summed E-state index contributed by atoms with van der Waals surface area (Å²) in [6.45, 7) is 3.96. The van der Waals surface area contributed by atoms with Crippen molar-refractivity contribution in [3.05, 3.63) is 23.4 Å². The molecule has 1 aliphatic rings. The van der Waals surface area contributed by atoms with Crippen molar-refractivity contribution in [1.82, 2.24) is 9.29 Å². The lowest BCUT2D eigenvalue weighted by molar-refractivity contribution is -0.142. The van der Waals surface area contributed by atoms with E-state index in [0.29, 0.717) is 19.4 Å². The van der Waals surface area contributed by atoms with Gasteiger partial charge in [-0.15, -0.1) is 0 Å². The molecule has 116 valence electrons. The fraction of sp³-hybridized carbons (Fsp3) is 0.538. The molecule has 0 saturated carbocycles. The van der Waals surface area contributed by atoms with E-state index in [1.54, 1.807) is 13.0 Å². The first-order valence-corrected chi connectivity index (χ1v) is 8.18. The first kappa shape index (κ1) is 15.7. The van der Waals surface area contributed by atoms with Crippen LogP contribution >= 0.6 is 0 Å². The monoisotopic (exact) mass is 313 g/mol. The zero-order chi connectivity index (χ0) is 15.6. The van der Waals surface area contributed by atoms with Gasteiger partial charge in [-0.1, -0.05) is 0 Å². The molecule has 2 heterocycles. The van der Waals surface area contributed by atoms with Crippen molar-refractivity contribution in [3.63, 3.8) is 0 Å². The Balaban J connectivity index is 2.16. The van der Waals surface area contributed by atoms with Crippen LogP contribution in [0.4, 0.5) is 5.82 Å². The molecule has 7 nitrogen and oxygen atoms in total. The van der Waals surface area contributed by atoms with E-state index in [-0.39, 0.29) is 12.4 Å². The van der Waals surface area contributed by atoms with Gasteiger partial charge in [0.15, 0.2) is 0 Å². The second-order valence-corrected chi connectivity index (χ2v) is 6.98. The highest BCUT2D eigenvalue weighted by atomic mass is 32.2. The quantitative estimate of drug-likeness (QED) is 0.868. The number of carbonyl (C=O) groups is 1. The molecule has 2 N–H and O–H groups in total. The first-order chi connectivity index (χ1) is 9.78. The predicted octanol–water partition coefficient (Wildman–Crippen LogP) is 1.15. The van der Waals surface area contributed by atoms with Crippen LogP contribution in [0, 0.1) is 19.8 Å². The van der Waals surface area contributed by atoms with Gasteiger partial charge in [0, 0.05) is 18.8 Å². The third kappa shape index (κ3) is 3.92. The van der Waals surface area contributed by atoms with E-state index in [1.807, 2.05) is 13.0 Å². The Morgan fingerprint density at radius 2 is 2.14 bits per heavy atom. The number of aliphatic carboxylic acids is 1. The van der Waals surface area contributed by atoms with E-state index >= 15 is 0 Å². The fourth-order valence-corrected chi connectivity index (χ4v) is 3.70. The summed E-state index contributed by atoms with van der Waals surface area (Å²) in [7, 11) is -3.78. The van der Waals surface area contributed by atoms with Gasteiger partial charge in [-0.2, -0.15) is 12.7 Å². The van der Waals surface area contributed by atoms with Crippen molar-refractivity contribution in [3.8, 4) is 0 Å². The van der Waals surface area contributed by atoms with Gasteiger partial charge in [0.2, 0.25) is 0 Å². The van der Waals surface area contributed by atoms with Crippen LogP contribution in [-0.4, -0.2) is 41.9 Å². The molecule has 1 unspecified atom stereocenters. The minimum absolute atomic E-state index is 0.00450. The van der Waals surface area contributed by atoms with Crippen LogP contribution in [0.2, 0.25) is 0 Å². The molecule has 1 fully saturated rings. The van der Waals surface area contributed by atoms with Crippen molar-refractivity contribution >= 4 is 22.0 Å². The zero-order valence-electron chi connectivity index (χ0n) is 12.0. The maximum absolute atomic E-state index is 12.3. The molecule has 1 atom stereocenters. The second-order valence-electron chi connectivity index (χ2n) is 5.31. The summed E-state index contributed by atoms with van der Waals surface area (Å²) in [4.78, 5) is 15.2. The molecule has 1 aromatic heterocycles. The lowest BCUT2D eigenvalue weighted by Gasteiger charge is -2.29. The van der Waals surface area contributed by atoms with Crippen molar-refractivity contribution in [2.45, 2.75) is 26.7 Å². The third-order valence-corrected chi connectivity index (χ3v) is 4.88. The normalized spacial score (nSPS) is 20.2. The molecule has 0 aliphatic carbocycles. The number of rotatable bonds is 4. The molecular formula is C13H19N3O4S. The van der Waals surface area contributed by atoms with Crippen molar-refractivity contribution < 1.29 is 18.3 Å². The van der Waals surface area contributed by atoms with Crippen molar-refractivity contribution in [1.29, 1.82) is 0 Å². The third-order valence-electron chi connectivity index (χ3n) is 3.40. The van der Waals surface area contributed by atoms with E-state index < -0.39 is 22.1 Å². The largest absolute Gasteiger partial charge is 0.481 e. The second kappa shape index (κ2) is 5.98. The molecule has 21 heavy (non-hydrogen) atoms. The number of carboxylic acid groups (broad SMARTS) is 1. The van der Waals surface area contributed by atoms with Gasteiger partial charge < -0.3 is 5.11 Å². The summed E-state index contributed by atoms with van der Waals surface area (Å²) in [5, 5.41) is 9.03. The number of aromatic nitrogens is 1. The van der Waals surface area contributed by atoms with Crippen LogP contribution < -0.4 is 4.72 Å². The van der Waals surface area contributed by atoms with Gasteiger partial charge in [0.1, 0.15) is 5.82 Å². The van der Waals surface area contributed by atoms with Gasteiger partial charge in [-0.25, -0.2) is 4.98 Å². The molecule has 1 saturated heterocycles. The Bertz CT molecular complexity index is 625. The highest BCUT2D eigenvalue weighted by molar-refractivity contribution is 7.90. The first-order valence-electron chi connectivity index (χ1n) is 6.74. The minimum Gasteiger partial charge on any atom is -0.481 e. The van der Waals surface area contributed by atoms with Crippen LogP contribution in [0.3, 0.4) is 0 Å². The molecular weight excluding hydrogens is 294 g/mol. The Morgan fingerprint density at radius 1 is 1.43 bits per heavy atom. The van der Waals surface area contributed by atoms with Crippen LogP contribution in [0.15, 0.2) is 12.1 Å². The van der Waals surface area contributed by atoms with Gasteiger partial charge in [0.05, 0.1) is 5.92 Å². The number of piperidine rings is 1. The predicted molar refractivity (Wildman–Crippen MR) is 78.2 cm³/mol. The van der Waals surface area contributed by atoms with Gasteiger partial charge in [-0.3, -0.25) is 9.52 Å². The summed E-state index contributed by atoms with van der Waals surface area (Å²) in [6.07, 6.45) is 1.04. The molecule has 0 amide bonds. The SMILES string of the molecule is Cc1cc(C)nc(NS(=O)(=O)N2CCCC(C(=O)O)C2)c1. The zero-order valence-corrected chi connectivity index (χ0v) is 12.9. The smallest absolute Gasteiger partial charge is 0.307 e. The molecule has 2 rings (SSSR count). The topological polar surface area (TPSA) is 99.6 Å². The Hall–Kier alpha value is -1.67. The Morgan fingerprint density at radius 3 is 2.76 bits per heavy atom. The Labute approximate surface area is 124 Å².